The van der Waals surface area contributed by atoms with Crippen LogP contribution in [0.5, 0.6) is 11.5 Å². The molecule has 0 saturated heterocycles. The van der Waals surface area contributed by atoms with Crippen LogP contribution >= 0.6 is 0 Å². The predicted molar refractivity (Wildman–Crippen MR) is 103 cm³/mol. The van der Waals surface area contributed by atoms with Crippen LogP contribution in [0.15, 0.2) is 48.7 Å². The molecule has 7 heteroatoms. The number of ether oxygens (including phenoxy) is 2. The molecule has 0 aliphatic carbocycles. The average molecular weight is 366 g/mol. The van der Waals surface area contributed by atoms with Gasteiger partial charge in [-0.1, -0.05) is 12.1 Å². The van der Waals surface area contributed by atoms with E-state index < -0.39 is 0 Å². The Morgan fingerprint density at radius 3 is 2.89 bits per heavy atom. The number of fused-ring (bicyclic) bond motifs is 1. The first-order valence-electron chi connectivity index (χ1n) is 8.71. The van der Waals surface area contributed by atoms with Crippen molar-refractivity contribution in [2.75, 3.05) is 13.7 Å². The van der Waals surface area contributed by atoms with Gasteiger partial charge in [0, 0.05) is 12.3 Å². The standard InChI is InChI=1S/C20H22N4O3/c1-4-27-17-13-15(8-10-16(17)26-3)9-11-19(25)21-14(2)20-23-22-18-7-5-6-12-24(18)20/h5-14H,4H2,1-3H3,(H,21,25)/b11-9+. The Balaban J connectivity index is 1.69. The average Bonchev–Trinajstić information content (AvgIpc) is 3.11. The molecule has 0 spiro atoms. The Hall–Kier alpha value is -3.35. The largest absolute Gasteiger partial charge is 0.493 e. The van der Waals surface area contributed by atoms with Crippen LogP contribution < -0.4 is 14.8 Å². The van der Waals surface area contributed by atoms with Gasteiger partial charge in [0.1, 0.15) is 0 Å². The number of rotatable bonds is 7. The maximum absolute atomic E-state index is 12.3. The van der Waals surface area contributed by atoms with Gasteiger partial charge in [0.05, 0.1) is 19.8 Å². The molecule has 0 saturated carbocycles. The number of nitrogens with one attached hydrogen (secondary N) is 1. The van der Waals surface area contributed by atoms with Crippen LogP contribution in [0.1, 0.15) is 31.3 Å². The Morgan fingerprint density at radius 1 is 1.26 bits per heavy atom. The van der Waals surface area contributed by atoms with E-state index in [1.807, 2.05) is 60.8 Å². The third-order valence-corrected chi connectivity index (χ3v) is 4.00. The number of nitrogens with zero attached hydrogens (tertiary/aromatic N) is 3. The van der Waals surface area contributed by atoms with Crippen molar-refractivity contribution in [2.45, 2.75) is 19.9 Å². The van der Waals surface area contributed by atoms with Crippen molar-refractivity contribution in [3.05, 3.63) is 60.1 Å². The highest BCUT2D eigenvalue weighted by atomic mass is 16.5. The highest BCUT2D eigenvalue weighted by molar-refractivity contribution is 5.92. The fourth-order valence-electron chi connectivity index (χ4n) is 2.72. The van der Waals surface area contributed by atoms with Crippen LogP contribution in [0.3, 0.4) is 0 Å². The lowest BCUT2D eigenvalue weighted by Gasteiger charge is -2.11. The van der Waals surface area contributed by atoms with Gasteiger partial charge < -0.3 is 14.8 Å². The van der Waals surface area contributed by atoms with Crippen LogP contribution in [0.4, 0.5) is 0 Å². The molecule has 3 rings (SSSR count). The number of pyridine rings is 1. The van der Waals surface area contributed by atoms with Gasteiger partial charge in [-0.15, -0.1) is 10.2 Å². The number of methoxy groups -OCH3 is 1. The van der Waals surface area contributed by atoms with Gasteiger partial charge in [0.15, 0.2) is 23.0 Å². The maximum atomic E-state index is 12.3. The third-order valence-electron chi connectivity index (χ3n) is 4.00. The molecule has 2 aromatic heterocycles. The number of hydrogen-bond donors (Lipinski definition) is 1. The number of hydrogen-bond acceptors (Lipinski definition) is 5. The number of aromatic nitrogens is 3. The highest BCUT2D eigenvalue weighted by Crippen LogP contribution is 2.28. The van der Waals surface area contributed by atoms with Gasteiger partial charge in [0.2, 0.25) is 5.91 Å². The summed E-state index contributed by atoms with van der Waals surface area (Å²) in [6, 6.07) is 10.9. The van der Waals surface area contributed by atoms with E-state index in [9.17, 15) is 4.79 Å². The SMILES string of the molecule is CCOc1cc(/C=C/C(=O)NC(C)c2nnc3ccccn23)ccc1OC. The van der Waals surface area contributed by atoms with Gasteiger partial charge in [-0.2, -0.15) is 0 Å². The minimum Gasteiger partial charge on any atom is -0.493 e. The molecule has 0 aliphatic heterocycles. The van der Waals surface area contributed by atoms with E-state index >= 15 is 0 Å². The van der Waals surface area contributed by atoms with E-state index in [4.69, 9.17) is 9.47 Å². The summed E-state index contributed by atoms with van der Waals surface area (Å²) < 4.78 is 12.7. The van der Waals surface area contributed by atoms with Gasteiger partial charge in [-0.05, 0) is 49.8 Å². The topological polar surface area (TPSA) is 77.8 Å². The predicted octanol–water partition coefficient (Wildman–Crippen LogP) is 3.03. The zero-order chi connectivity index (χ0) is 19.2. The van der Waals surface area contributed by atoms with Crippen molar-refractivity contribution < 1.29 is 14.3 Å². The molecule has 1 aromatic carbocycles. The Bertz CT molecular complexity index is 965. The number of amides is 1. The second kappa shape index (κ2) is 8.35. The third kappa shape index (κ3) is 4.25. The van der Waals surface area contributed by atoms with Crippen molar-refractivity contribution in [2.24, 2.45) is 0 Å². The van der Waals surface area contributed by atoms with Crippen LogP contribution in [0.2, 0.25) is 0 Å². The van der Waals surface area contributed by atoms with Crippen LogP contribution in [0, 0.1) is 0 Å². The molecule has 1 atom stereocenters. The van der Waals surface area contributed by atoms with Crippen LogP contribution in [-0.4, -0.2) is 34.2 Å². The summed E-state index contributed by atoms with van der Waals surface area (Å²) in [5.74, 6) is 1.76. The Labute approximate surface area is 157 Å². The monoisotopic (exact) mass is 366 g/mol. The molecule has 1 N–H and O–H groups in total. The first-order chi connectivity index (χ1) is 13.1. The van der Waals surface area contributed by atoms with E-state index in [1.165, 1.54) is 6.08 Å². The molecule has 2 heterocycles. The molecule has 3 aromatic rings. The van der Waals surface area contributed by atoms with E-state index in [0.717, 1.165) is 11.2 Å². The highest BCUT2D eigenvalue weighted by Gasteiger charge is 2.14. The normalized spacial score (nSPS) is 12.3. The smallest absolute Gasteiger partial charge is 0.244 e. The lowest BCUT2D eigenvalue weighted by Crippen LogP contribution is -2.26. The first kappa shape index (κ1) is 18.4. The zero-order valence-corrected chi connectivity index (χ0v) is 15.5. The Kier molecular flexibility index (Phi) is 5.71. The first-order valence-corrected chi connectivity index (χ1v) is 8.71. The summed E-state index contributed by atoms with van der Waals surface area (Å²) in [6.45, 7) is 4.31. The quantitative estimate of drug-likeness (QED) is 0.651. The van der Waals surface area contributed by atoms with Gasteiger partial charge in [-0.3, -0.25) is 9.20 Å². The van der Waals surface area contributed by atoms with Crippen LogP contribution in [-0.2, 0) is 4.79 Å². The molecule has 7 nitrogen and oxygen atoms in total. The molecule has 0 bridgehead atoms. The van der Waals surface area contributed by atoms with Crippen molar-refractivity contribution in [1.29, 1.82) is 0 Å². The number of carbonyl (C=O) groups excluding carboxylic acids is 1. The minimum absolute atomic E-state index is 0.219. The fourth-order valence-corrected chi connectivity index (χ4v) is 2.72. The molecule has 0 radical (unpaired) electrons. The number of benzene rings is 1. The summed E-state index contributed by atoms with van der Waals surface area (Å²) in [5, 5.41) is 11.2. The molecule has 140 valence electrons. The minimum atomic E-state index is -0.283. The molecular formula is C20H22N4O3. The fraction of sp³-hybridized carbons (Fsp3) is 0.250. The van der Waals surface area contributed by atoms with Gasteiger partial charge in [0.25, 0.3) is 0 Å². The second-order valence-corrected chi connectivity index (χ2v) is 5.89. The lowest BCUT2D eigenvalue weighted by molar-refractivity contribution is -0.117. The summed E-state index contributed by atoms with van der Waals surface area (Å²) in [5.41, 5.74) is 1.58. The van der Waals surface area contributed by atoms with Crippen LogP contribution in [0.25, 0.3) is 11.7 Å². The molecule has 1 unspecified atom stereocenters. The van der Waals surface area contributed by atoms with E-state index in [-0.39, 0.29) is 11.9 Å². The van der Waals surface area contributed by atoms with E-state index in [1.54, 1.807) is 13.2 Å². The van der Waals surface area contributed by atoms with Crippen molar-refractivity contribution in [3.63, 3.8) is 0 Å². The molecule has 1 amide bonds. The van der Waals surface area contributed by atoms with E-state index in [2.05, 4.69) is 15.5 Å². The van der Waals surface area contributed by atoms with Crippen molar-refractivity contribution in [1.82, 2.24) is 19.9 Å². The molecule has 27 heavy (non-hydrogen) atoms. The lowest BCUT2D eigenvalue weighted by atomic mass is 10.2. The van der Waals surface area contributed by atoms with Crippen molar-refractivity contribution in [3.8, 4) is 11.5 Å². The summed E-state index contributed by atoms with van der Waals surface area (Å²) in [7, 11) is 1.59. The summed E-state index contributed by atoms with van der Waals surface area (Å²) in [4.78, 5) is 12.3. The van der Waals surface area contributed by atoms with Gasteiger partial charge in [-0.25, -0.2) is 0 Å². The second-order valence-electron chi connectivity index (χ2n) is 5.89. The van der Waals surface area contributed by atoms with Crippen molar-refractivity contribution >= 4 is 17.6 Å². The zero-order valence-electron chi connectivity index (χ0n) is 15.5. The molecule has 0 aliphatic rings. The number of carbonyl (C=O) groups is 1. The summed E-state index contributed by atoms with van der Waals surface area (Å²) >= 11 is 0. The van der Waals surface area contributed by atoms with Gasteiger partial charge >= 0.3 is 0 Å². The van der Waals surface area contributed by atoms with E-state index in [0.29, 0.717) is 23.9 Å². The maximum Gasteiger partial charge on any atom is 0.244 e. The summed E-state index contributed by atoms with van der Waals surface area (Å²) in [6.07, 6.45) is 5.08. The Morgan fingerprint density at radius 2 is 2.11 bits per heavy atom. The molecule has 0 fully saturated rings. The molecular weight excluding hydrogens is 344 g/mol.